The third kappa shape index (κ3) is 5.65. The summed E-state index contributed by atoms with van der Waals surface area (Å²) in [7, 11) is 0. The summed E-state index contributed by atoms with van der Waals surface area (Å²) in [4.78, 5) is 47.2. The molecule has 2 aliphatic rings. The van der Waals surface area contributed by atoms with Crippen LogP contribution in [0.1, 0.15) is 40.5 Å². The molecule has 1 fully saturated rings. The van der Waals surface area contributed by atoms with Gasteiger partial charge in [0.1, 0.15) is 12.6 Å². The number of hydrogen-bond acceptors (Lipinski definition) is 5. The maximum Gasteiger partial charge on any atom is 0.257 e. The Balaban J connectivity index is 1.67. The zero-order chi connectivity index (χ0) is 28.6. The van der Waals surface area contributed by atoms with E-state index in [0.717, 1.165) is 3.57 Å². The molecule has 40 heavy (non-hydrogen) atoms. The minimum atomic E-state index is -1.05. The number of nitrogens with zero attached hydrogens (tertiary/aromatic N) is 3. The normalized spacial score (nSPS) is 18.4. The van der Waals surface area contributed by atoms with E-state index in [1.54, 1.807) is 64.4 Å². The molecule has 3 aromatic carbocycles. The Morgan fingerprint density at radius 2 is 1.70 bits per heavy atom. The van der Waals surface area contributed by atoms with Crippen LogP contribution in [0.25, 0.3) is 0 Å². The van der Waals surface area contributed by atoms with E-state index in [-0.39, 0.29) is 18.4 Å². The standard InChI is InChI=1S/C29H28Cl2IN5O3/c1-17(22-8-6-20(31)14-24(22)33)37-27(18-2-4-19(30)5-3-18)29(40)36(16-26(38)35-12-10-34-11-13-35)25-9-7-21(32)15-23(25)28(37)39/h2-9,14-15,17,27,34H,10-13,16,33H2,1H3/t17-,27+/m1/s1. The Morgan fingerprint density at radius 1 is 1.02 bits per heavy atom. The van der Waals surface area contributed by atoms with Crippen LogP contribution in [-0.4, -0.2) is 60.2 Å². The number of hydrogen-bond donors (Lipinski definition) is 2. The predicted octanol–water partition coefficient (Wildman–Crippen LogP) is 4.90. The van der Waals surface area contributed by atoms with E-state index in [4.69, 9.17) is 28.9 Å². The highest BCUT2D eigenvalue weighted by atomic mass is 127. The number of rotatable bonds is 5. The maximum absolute atomic E-state index is 14.6. The molecule has 0 aromatic heterocycles. The van der Waals surface area contributed by atoms with Crippen molar-refractivity contribution in [1.29, 1.82) is 0 Å². The molecule has 2 aliphatic heterocycles. The number of nitrogens with one attached hydrogen (secondary N) is 1. The van der Waals surface area contributed by atoms with Gasteiger partial charge in [-0.3, -0.25) is 14.4 Å². The Labute approximate surface area is 256 Å². The molecule has 0 radical (unpaired) electrons. The summed E-state index contributed by atoms with van der Waals surface area (Å²) in [5, 5.41) is 4.21. The fraction of sp³-hybridized carbons (Fsp3) is 0.276. The van der Waals surface area contributed by atoms with Gasteiger partial charge in [0.05, 0.1) is 17.3 Å². The molecule has 2 heterocycles. The Morgan fingerprint density at radius 3 is 2.38 bits per heavy atom. The van der Waals surface area contributed by atoms with Crippen LogP contribution in [-0.2, 0) is 9.59 Å². The van der Waals surface area contributed by atoms with E-state index >= 15 is 0 Å². The Bertz CT molecular complexity index is 1460. The smallest absolute Gasteiger partial charge is 0.257 e. The van der Waals surface area contributed by atoms with Gasteiger partial charge in [-0.25, -0.2) is 0 Å². The second-order valence-electron chi connectivity index (χ2n) is 9.83. The van der Waals surface area contributed by atoms with Crippen LogP contribution < -0.4 is 16.0 Å². The zero-order valence-electron chi connectivity index (χ0n) is 21.7. The van der Waals surface area contributed by atoms with Crippen molar-refractivity contribution in [2.75, 3.05) is 43.4 Å². The van der Waals surface area contributed by atoms with E-state index in [2.05, 4.69) is 27.9 Å². The summed E-state index contributed by atoms with van der Waals surface area (Å²) in [5.41, 5.74) is 8.73. The SMILES string of the molecule is C[C@H](c1ccc(Cl)cc1N)N1C(=O)c2cc(I)ccc2N(CC(=O)N2CCNCC2)C(=O)[C@@H]1c1ccc(Cl)cc1. The maximum atomic E-state index is 14.6. The first-order chi connectivity index (χ1) is 19.2. The molecule has 0 aliphatic carbocycles. The number of nitrogen functional groups attached to an aromatic ring is 1. The van der Waals surface area contributed by atoms with Crippen LogP contribution in [0.4, 0.5) is 11.4 Å². The molecule has 0 saturated carbocycles. The van der Waals surface area contributed by atoms with Crippen LogP contribution in [0.3, 0.4) is 0 Å². The molecule has 2 atom stereocenters. The quantitative estimate of drug-likeness (QED) is 0.293. The number of fused-ring (bicyclic) bond motifs is 1. The number of nitrogens with two attached hydrogens (primary N) is 1. The lowest BCUT2D eigenvalue weighted by Crippen LogP contribution is -2.51. The van der Waals surface area contributed by atoms with Crippen molar-refractivity contribution in [2.24, 2.45) is 0 Å². The molecular weight excluding hydrogens is 664 g/mol. The van der Waals surface area contributed by atoms with Gasteiger partial charge in [-0.1, -0.05) is 41.4 Å². The van der Waals surface area contributed by atoms with Gasteiger partial charge in [0.2, 0.25) is 5.91 Å². The number of anilines is 2. The molecule has 3 N–H and O–H groups in total. The van der Waals surface area contributed by atoms with Crippen molar-refractivity contribution in [1.82, 2.24) is 15.1 Å². The topological polar surface area (TPSA) is 99.0 Å². The summed E-state index contributed by atoms with van der Waals surface area (Å²) < 4.78 is 0.828. The fourth-order valence-electron chi connectivity index (χ4n) is 5.29. The first-order valence-electron chi connectivity index (χ1n) is 12.9. The Kier molecular flexibility index (Phi) is 8.55. The van der Waals surface area contributed by atoms with Crippen molar-refractivity contribution < 1.29 is 14.4 Å². The highest BCUT2D eigenvalue weighted by Crippen LogP contribution is 2.41. The number of halogens is 3. The number of carbonyl (C=O) groups is 3. The van der Waals surface area contributed by atoms with Gasteiger partial charge in [0.25, 0.3) is 11.8 Å². The summed E-state index contributed by atoms with van der Waals surface area (Å²) in [6.07, 6.45) is 0. The molecular formula is C29H28Cl2IN5O3. The lowest BCUT2D eigenvalue weighted by atomic mass is 9.97. The number of carbonyl (C=O) groups excluding carboxylic acids is 3. The van der Waals surface area contributed by atoms with E-state index in [1.165, 1.54) is 4.90 Å². The summed E-state index contributed by atoms with van der Waals surface area (Å²) >= 11 is 14.5. The second kappa shape index (κ2) is 11.9. The van der Waals surface area contributed by atoms with Crippen molar-refractivity contribution in [2.45, 2.75) is 19.0 Å². The summed E-state index contributed by atoms with van der Waals surface area (Å²) in [6, 6.07) is 15.6. The zero-order valence-corrected chi connectivity index (χ0v) is 25.4. The molecule has 1 saturated heterocycles. The molecule has 11 heteroatoms. The average Bonchev–Trinajstić information content (AvgIpc) is 3.02. The van der Waals surface area contributed by atoms with Gasteiger partial charge in [0.15, 0.2) is 0 Å². The molecule has 0 unspecified atom stereocenters. The van der Waals surface area contributed by atoms with Crippen molar-refractivity contribution in [3.63, 3.8) is 0 Å². The molecule has 5 rings (SSSR count). The largest absolute Gasteiger partial charge is 0.398 e. The molecule has 0 bridgehead atoms. The monoisotopic (exact) mass is 691 g/mol. The van der Waals surface area contributed by atoms with Gasteiger partial charge in [-0.05, 0) is 83.1 Å². The molecule has 3 amide bonds. The highest BCUT2D eigenvalue weighted by molar-refractivity contribution is 14.1. The third-order valence-corrected chi connectivity index (χ3v) is 8.52. The minimum absolute atomic E-state index is 0.176. The predicted molar refractivity (Wildman–Crippen MR) is 166 cm³/mol. The number of piperazine rings is 1. The van der Waals surface area contributed by atoms with Gasteiger partial charge < -0.3 is 25.8 Å². The van der Waals surface area contributed by atoms with Crippen LogP contribution in [0.2, 0.25) is 10.0 Å². The van der Waals surface area contributed by atoms with Crippen LogP contribution in [0.5, 0.6) is 0 Å². The molecule has 0 spiro atoms. The van der Waals surface area contributed by atoms with Gasteiger partial charge in [-0.2, -0.15) is 0 Å². The lowest BCUT2D eigenvalue weighted by Gasteiger charge is -2.36. The van der Waals surface area contributed by atoms with E-state index in [1.807, 2.05) is 13.0 Å². The minimum Gasteiger partial charge on any atom is -0.398 e. The van der Waals surface area contributed by atoms with Crippen LogP contribution in [0.15, 0.2) is 60.7 Å². The highest BCUT2D eigenvalue weighted by Gasteiger charge is 2.44. The second-order valence-corrected chi connectivity index (χ2v) is 12.0. The number of amides is 3. The first kappa shape index (κ1) is 28.7. The van der Waals surface area contributed by atoms with Crippen molar-refractivity contribution >= 4 is 74.9 Å². The van der Waals surface area contributed by atoms with E-state index in [0.29, 0.717) is 64.3 Å². The van der Waals surface area contributed by atoms with E-state index < -0.39 is 18.0 Å². The average molecular weight is 692 g/mol. The van der Waals surface area contributed by atoms with Crippen molar-refractivity contribution in [3.05, 3.63) is 91.0 Å². The van der Waals surface area contributed by atoms with Crippen LogP contribution >= 0.6 is 45.8 Å². The van der Waals surface area contributed by atoms with Gasteiger partial charge >= 0.3 is 0 Å². The summed E-state index contributed by atoms with van der Waals surface area (Å²) in [6.45, 7) is 4.14. The van der Waals surface area contributed by atoms with E-state index in [9.17, 15) is 14.4 Å². The number of benzene rings is 3. The van der Waals surface area contributed by atoms with Crippen LogP contribution in [0, 0.1) is 3.57 Å². The first-order valence-corrected chi connectivity index (χ1v) is 14.7. The van der Waals surface area contributed by atoms with Gasteiger partial charge in [-0.15, -0.1) is 0 Å². The molecule has 3 aromatic rings. The Hall–Kier alpha value is -2.86. The lowest BCUT2D eigenvalue weighted by molar-refractivity contribution is -0.132. The molecule has 8 nitrogen and oxygen atoms in total. The van der Waals surface area contributed by atoms with Crippen molar-refractivity contribution in [3.8, 4) is 0 Å². The fourth-order valence-corrected chi connectivity index (χ4v) is 6.09. The molecule has 208 valence electrons. The summed E-state index contributed by atoms with van der Waals surface area (Å²) in [5.74, 6) is -0.913. The third-order valence-electron chi connectivity index (χ3n) is 7.36. The van der Waals surface area contributed by atoms with Gasteiger partial charge in [0, 0.05) is 45.5 Å².